The van der Waals surface area contributed by atoms with Crippen molar-refractivity contribution in [3.8, 4) is 0 Å². The van der Waals surface area contributed by atoms with Crippen molar-refractivity contribution in [2.75, 3.05) is 0 Å². The molecule has 1 aromatic carbocycles. The van der Waals surface area contributed by atoms with Gasteiger partial charge in [-0.3, -0.25) is 0 Å². The Morgan fingerprint density at radius 3 is 2.67 bits per heavy atom. The quantitative estimate of drug-likeness (QED) is 0.594. The number of alkyl halides is 2. The molecule has 4 heteroatoms. The number of hydrogen-bond acceptors (Lipinski definition) is 2. The summed E-state index contributed by atoms with van der Waals surface area (Å²) in [5, 5.41) is 0. The first-order valence-electron chi connectivity index (χ1n) is 6.13. The molecule has 0 saturated heterocycles. The molecule has 96 valence electrons. The van der Waals surface area contributed by atoms with Gasteiger partial charge in [0.1, 0.15) is 0 Å². The summed E-state index contributed by atoms with van der Waals surface area (Å²) in [7, 11) is 0. The lowest BCUT2D eigenvalue weighted by Gasteiger charge is -2.23. The lowest BCUT2D eigenvalue weighted by atomic mass is 9.87. The maximum absolute atomic E-state index is 12.4. The zero-order chi connectivity index (χ0) is 13.0. The van der Waals surface area contributed by atoms with Crippen molar-refractivity contribution in [2.24, 2.45) is 4.99 Å². The molecule has 0 aromatic heterocycles. The van der Waals surface area contributed by atoms with Crippen LogP contribution in [0.1, 0.15) is 36.8 Å². The van der Waals surface area contributed by atoms with Crippen molar-refractivity contribution < 1.29 is 13.6 Å². The summed E-state index contributed by atoms with van der Waals surface area (Å²) < 4.78 is 24.8. The fourth-order valence-corrected chi connectivity index (χ4v) is 2.68. The van der Waals surface area contributed by atoms with Crippen molar-refractivity contribution in [1.29, 1.82) is 0 Å². The van der Waals surface area contributed by atoms with Gasteiger partial charge >= 0.3 is 0 Å². The summed E-state index contributed by atoms with van der Waals surface area (Å²) in [6.45, 7) is 0. The van der Waals surface area contributed by atoms with Crippen LogP contribution in [0, 0.1) is 0 Å². The minimum absolute atomic E-state index is 0.255. The van der Waals surface area contributed by atoms with Gasteiger partial charge in [0.25, 0.3) is 0 Å². The number of hydrogen-bond donors (Lipinski definition) is 0. The molecule has 0 amide bonds. The maximum atomic E-state index is 12.4. The number of halogens is 2. The van der Waals surface area contributed by atoms with Gasteiger partial charge in [-0.15, -0.1) is 0 Å². The van der Waals surface area contributed by atoms with Crippen LogP contribution in [0.3, 0.4) is 0 Å². The highest BCUT2D eigenvalue weighted by Crippen LogP contribution is 2.42. The molecular weight excluding hydrogens is 236 g/mol. The maximum Gasteiger partial charge on any atom is 0.242 e. The first-order valence-corrected chi connectivity index (χ1v) is 6.13. The van der Waals surface area contributed by atoms with Gasteiger partial charge in [0.05, 0.1) is 5.54 Å². The van der Waals surface area contributed by atoms with Crippen LogP contribution in [0.5, 0.6) is 0 Å². The predicted molar refractivity (Wildman–Crippen MR) is 64.4 cm³/mol. The SMILES string of the molecule is O=C=NC1(c2cccc(CC(F)F)c2)CCCC1. The fourth-order valence-electron chi connectivity index (χ4n) is 2.68. The number of nitrogens with zero attached hydrogens (tertiary/aromatic N) is 1. The van der Waals surface area contributed by atoms with E-state index in [1.54, 1.807) is 24.3 Å². The molecule has 0 spiro atoms. The van der Waals surface area contributed by atoms with Crippen LogP contribution < -0.4 is 0 Å². The summed E-state index contributed by atoms with van der Waals surface area (Å²) in [5.74, 6) is 0. The third-order valence-corrected chi connectivity index (χ3v) is 3.54. The van der Waals surface area contributed by atoms with E-state index in [0.29, 0.717) is 5.56 Å². The largest absolute Gasteiger partial charge is 0.242 e. The molecule has 1 saturated carbocycles. The van der Waals surface area contributed by atoms with Gasteiger partial charge in [-0.2, -0.15) is 4.99 Å². The molecule has 2 nitrogen and oxygen atoms in total. The number of benzene rings is 1. The molecule has 0 atom stereocenters. The molecule has 1 aromatic rings. The highest BCUT2D eigenvalue weighted by Gasteiger charge is 2.35. The molecule has 0 aliphatic heterocycles. The van der Waals surface area contributed by atoms with Gasteiger partial charge in [0.2, 0.25) is 12.5 Å². The van der Waals surface area contributed by atoms with Crippen molar-refractivity contribution in [3.63, 3.8) is 0 Å². The number of rotatable bonds is 4. The lowest BCUT2D eigenvalue weighted by molar-refractivity contribution is 0.149. The average Bonchev–Trinajstić information content (AvgIpc) is 2.79. The second-order valence-electron chi connectivity index (χ2n) is 4.74. The predicted octanol–water partition coefficient (Wildman–Crippen LogP) is 3.60. The Kier molecular flexibility index (Phi) is 3.87. The number of isocyanates is 1. The molecule has 1 aliphatic rings. The first kappa shape index (κ1) is 12.9. The normalized spacial score (nSPS) is 17.7. The van der Waals surface area contributed by atoms with Crippen molar-refractivity contribution in [3.05, 3.63) is 35.4 Å². The molecular formula is C14H15F2NO. The van der Waals surface area contributed by atoms with Crippen LogP contribution in [0.4, 0.5) is 8.78 Å². The summed E-state index contributed by atoms with van der Waals surface area (Å²) >= 11 is 0. The Bertz CT molecular complexity index is 461. The van der Waals surface area contributed by atoms with E-state index in [0.717, 1.165) is 31.2 Å². The third-order valence-electron chi connectivity index (χ3n) is 3.54. The van der Waals surface area contributed by atoms with Gasteiger partial charge in [-0.1, -0.05) is 37.1 Å². The summed E-state index contributed by atoms with van der Waals surface area (Å²) in [4.78, 5) is 14.5. The van der Waals surface area contributed by atoms with Crippen LogP contribution in [0.15, 0.2) is 29.3 Å². The van der Waals surface area contributed by atoms with Crippen LogP contribution in [-0.4, -0.2) is 12.5 Å². The van der Waals surface area contributed by atoms with E-state index >= 15 is 0 Å². The lowest BCUT2D eigenvalue weighted by Crippen LogP contribution is -2.19. The molecule has 0 radical (unpaired) electrons. The summed E-state index contributed by atoms with van der Waals surface area (Å²) in [6.07, 6.45) is 2.62. The number of aliphatic imine (C=N–C) groups is 1. The van der Waals surface area contributed by atoms with E-state index in [2.05, 4.69) is 4.99 Å². The molecule has 2 rings (SSSR count). The molecule has 0 unspecified atom stereocenters. The standard InChI is InChI=1S/C14H15F2NO/c15-13(16)9-11-4-3-5-12(8-11)14(17-10-18)6-1-2-7-14/h3-5,8,13H,1-2,6-7,9H2. The molecule has 0 bridgehead atoms. The van der Waals surface area contributed by atoms with E-state index in [1.807, 2.05) is 6.07 Å². The Morgan fingerprint density at radius 2 is 2.06 bits per heavy atom. The van der Waals surface area contributed by atoms with Gasteiger partial charge in [-0.25, -0.2) is 13.6 Å². The van der Waals surface area contributed by atoms with E-state index in [4.69, 9.17) is 0 Å². The van der Waals surface area contributed by atoms with Crippen LogP contribution in [0.25, 0.3) is 0 Å². The fraction of sp³-hybridized carbons (Fsp3) is 0.500. The molecule has 0 heterocycles. The second-order valence-corrected chi connectivity index (χ2v) is 4.74. The van der Waals surface area contributed by atoms with Crippen LogP contribution in [-0.2, 0) is 16.8 Å². The van der Waals surface area contributed by atoms with Crippen LogP contribution in [0.2, 0.25) is 0 Å². The van der Waals surface area contributed by atoms with Crippen molar-refractivity contribution in [2.45, 2.75) is 44.1 Å². The van der Waals surface area contributed by atoms with E-state index in [9.17, 15) is 13.6 Å². The van der Waals surface area contributed by atoms with Gasteiger partial charge in [0, 0.05) is 6.42 Å². The Labute approximate surface area is 105 Å². The Balaban J connectivity index is 2.33. The van der Waals surface area contributed by atoms with Gasteiger partial charge in [0.15, 0.2) is 0 Å². The first-order chi connectivity index (χ1) is 8.66. The minimum atomic E-state index is -2.35. The monoisotopic (exact) mass is 251 g/mol. The smallest absolute Gasteiger partial charge is 0.211 e. The Hall–Kier alpha value is -1.54. The van der Waals surface area contributed by atoms with Crippen molar-refractivity contribution >= 4 is 6.08 Å². The van der Waals surface area contributed by atoms with Gasteiger partial charge < -0.3 is 0 Å². The zero-order valence-electron chi connectivity index (χ0n) is 10.0. The Morgan fingerprint density at radius 1 is 1.33 bits per heavy atom. The van der Waals surface area contributed by atoms with E-state index in [1.165, 1.54) is 0 Å². The number of carbonyl (C=O) groups excluding carboxylic acids is 1. The third kappa shape index (κ3) is 2.65. The summed E-state index contributed by atoms with van der Waals surface area (Å²) in [5.41, 5.74) is 0.927. The van der Waals surface area contributed by atoms with Crippen LogP contribution >= 0.6 is 0 Å². The molecule has 1 aliphatic carbocycles. The molecule has 18 heavy (non-hydrogen) atoms. The van der Waals surface area contributed by atoms with E-state index in [-0.39, 0.29) is 6.42 Å². The highest BCUT2D eigenvalue weighted by atomic mass is 19.3. The zero-order valence-corrected chi connectivity index (χ0v) is 10.0. The molecule has 0 N–H and O–H groups in total. The van der Waals surface area contributed by atoms with E-state index < -0.39 is 12.0 Å². The van der Waals surface area contributed by atoms with Crippen molar-refractivity contribution in [1.82, 2.24) is 0 Å². The van der Waals surface area contributed by atoms with Gasteiger partial charge in [-0.05, 0) is 24.0 Å². The minimum Gasteiger partial charge on any atom is -0.211 e. The second kappa shape index (κ2) is 5.40. The molecule has 1 fully saturated rings. The highest BCUT2D eigenvalue weighted by molar-refractivity contribution is 5.39. The summed E-state index contributed by atoms with van der Waals surface area (Å²) in [6, 6.07) is 7.05. The topological polar surface area (TPSA) is 29.4 Å². The average molecular weight is 251 g/mol.